The summed E-state index contributed by atoms with van der Waals surface area (Å²) in [6.07, 6.45) is 0. The molecule has 0 aliphatic carbocycles. The standard InChI is InChI=1S/C51H32N2O2/c1-3-12-33(13-4-1)37-16-9-18-40(30-37)53(46-22-11-21-43-42-20-7-8-23-47(42)54-49(43)46)41-19-10-17-38(31-41)39-27-25-34-24-26-35-28-29-45-50(48(35)44(34)32-39)55-51(52-45)36-14-5-2-6-15-36/h1-32H. The molecule has 0 aliphatic heterocycles. The third-order valence-electron chi connectivity index (χ3n) is 10.6. The summed E-state index contributed by atoms with van der Waals surface area (Å²) >= 11 is 0. The summed E-state index contributed by atoms with van der Waals surface area (Å²) in [6.45, 7) is 0. The molecule has 0 fully saturated rings. The van der Waals surface area contributed by atoms with E-state index in [1.54, 1.807) is 0 Å². The summed E-state index contributed by atoms with van der Waals surface area (Å²) in [6, 6.07) is 68.1. The van der Waals surface area contributed by atoms with Gasteiger partial charge in [0, 0.05) is 33.1 Å². The van der Waals surface area contributed by atoms with Crippen LogP contribution in [0.4, 0.5) is 17.1 Å². The molecular formula is C51H32N2O2. The van der Waals surface area contributed by atoms with Gasteiger partial charge in [0.15, 0.2) is 11.2 Å². The van der Waals surface area contributed by atoms with Crippen LogP contribution in [0.2, 0.25) is 0 Å². The molecule has 11 aromatic rings. The minimum absolute atomic E-state index is 0.625. The number of para-hydroxylation sites is 2. The number of anilines is 3. The fourth-order valence-electron chi connectivity index (χ4n) is 8.02. The molecule has 0 saturated carbocycles. The first-order valence-electron chi connectivity index (χ1n) is 18.5. The van der Waals surface area contributed by atoms with Gasteiger partial charge in [-0.2, -0.15) is 0 Å². The van der Waals surface area contributed by atoms with Gasteiger partial charge in [-0.3, -0.25) is 0 Å². The molecule has 2 aromatic heterocycles. The van der Waals surface area contributed by atoms with Crippen LogP contribution in [-0.2, 0) is 0 Å². The number of rotatable bonds is 6. The highest BCUT2D eigenvalue weighted by atomic mass is 16.3. The van der Waals surface area contributed by atoms with Gasteiger partial charge in [0.25, 0.3) is 0 Å². The molecule has 55 heavy (non-hydrogen) atoms. The van der Waals surface area contributed by atoms with Gasteiger partial charge >= 0.3 is 0 Å². The van der Waals surface area contributed by atoms with E-state index in [1.165, 1.54) is 5.56 Å². The highest BCUT2D eigenvalue weighted by Gasteiger charge is 2.21. The van der Waals surface area contributed by atoms with Crippen molar-refractivity contribution in [2.75, 3.05) is 4.90 Å². The molecule has 0 saturated heterocycles. The number of fused-ring (bicyclic) bond motifs is 8. The first-order valence-corrected chi connectivity index (χ1v) is 18.5. The predicted octanol–water partition coefficient (Wildman–Crippen LogP) is 14.5. The number of hydrogen-bond donors (Lipinski definition) is 0. The zero-order valence-electron chi connectivity index (χ0n) is 29.7. The topological polar surface area (TPSA) is 42.4 Å². The van der Waals surface area contributed by atoms with Crippen LogP contribution in [0.5, 0.6) is 0 Å². The van der Waals surface area contributed by atoms with Crippen molar-refractivity contribution < 1.29 is 8.83 Å². The number of oxazole rings is 1. The van der Waals surface area contributed by atoms with Crippen molar-refractivity contribution >= 4 is 71.6 Å². The number of furan rings is 1. The molecule has 0 aliphatic rings. The highest BCUT2D eigenvalue weighted by molar-refractivity contribution is 6.18. The molecule has 0 bridgehead atoms. The molecule has 11 rings (SSSR count). The van der Waals surface area contributed by atoms with Gasteiger partial charge in [0.05, 0.1) is 5.69 Å². The summed E-state index contributed by atoms with van der Waals surface area (Å²) in [4.78, 5) is 7.21. The second-order valence-electron chi connectivity index (χ2n) is 14.0. The fraction of sp³-hybridized carbons (Fsp3) is 0. The van der Waals surface area contributed by atoms with Gasteiger partial charge in [-0.1, -0.05) is 133 Å². The Balaban J connectivity index is 1.09. The van der Waals surface area contributed by atoms with E-state index in [-0.39, 0.29) is 0 Å². The zero-order valence-corrected chi connectivity index (χ0v) is 29.7. The maximum atomic E-state index is 6.64. The predicted molar refractivity (Wildman–Crippen MR) is 227 cm³/mol. The van der Waals surface area contributed by atoms with Crippen molar-refractivity contribution in [1.82, 2.24) is 4.98 Å². The molecule has 4 heteroatoms. The van der Waals surface area contributed by atoms with Crippen LogP contribution in [0.1, 0.15) is 0 Å². The van der Waals surface area contributed by atoms with Crippen molar-refractivity contribution in [2.45, 2.75) is 0 Å². The van der Waals surface area contributed by atoms with Crippen molar-refractivity contribution in [3.8, 4) is 33.7 Å². The Hall–Kier alpha value is -7.43. The van der Waals surface area contributed by atoms with Gasteiger partial charge in [0.2, 0.25) is 5.89 Å². The molecule has 258 valence electrons. The Kier molecular flexibility index (Phi) is 7.14. The van der Waals surface area contributed by atoms with E-state index >= 15 is 0 Å². The SMILES string of the molecule is c1ccc(-c2cccc(N(c3cccc(-c4ccc5ccc6ccc7nc(-c8ccccc8)oc7c6c5c4)c3)c3cccc4c3oc3ccccc34)c2)cc1. The Morgan fingerprint density at radius 3 is 1.78 bits per heavy atom. The zero-order chi connectivity index (χ0) is 36.3. The van der Waals surface area contributed by atoms with E-state index in [0.717, 1.165) is 93.9 Å². The second-order valence-corrected chi connectivity index (χ2v) is 14.0. The van der Waals surface area contributed by atoms with E-state index in [0.29, 0.717) is 5.89 Å². The van der Waals surface area contributed by atoms with Crippen LogP contribution >= 0.6 is 0 Å². The molecule has 0 radical (unpaired) electrons. The number of hydrogen-bond acceptors (Lipinski definition) is 4. The highest BCUT2D eigenvalue weighted by Crippen LogP contribution is 2.44. The Morgan fingerprint density at radius 1 is 0.382 bits per heavy atom. The smallest absolute Gasteiger partial charge is 0.227 e. The van der Waals surface area contributed by atoms with Gasteiger partial charge in [0.1, 0.15) is 11.1 Å². The minimum atomic E-state index is 0.625. The van der Waals surface area contributed by atoms with Crippen molar-refractivity contribution in [3.05, 3.63) is 194 Å². The van der Waals surface area contributed by atoms with Crippen molar-refractivity contribution in [2.24, 2.45) is 0 Å². The molecule has 2 heterocycles. The second kappa shape index (κ2) is 12.6. The molecule has 4 nitrogen and oxygen atoms in total. The largest absolute Gasteiger partial charge is 0.454 e. The summed E-state index contributed by atoms with van der Waals surface area (Å²) in [5.74, 6) is 0.625. The fourth-order valence-corrected chi connectivity index (χ4v) is 8.02. The van der Waals surface area contributed by atoms with Crippen LogP contribution in [0.25, 0.3) is 88.3 Å². The number of aromatic nitrogens is 1. The summed E-state index contributed by atoms with van der Waals surface area (Å²) in [7, 11) is 0. The van der Waals surface area contributed by atoms with Crippen molar-refractivity contribution in [3.63, 3.8) is 0 Å². The van der Waals surface area contributed by atoms with Gasteiger partial charge in [-0.05, 0) is 99.1 Å². The molecule has 0 unspecified atom stereocenters. The Morgan fingerprint density at radius 2 is 0.982 bits per heavy atom. The van der Waals surface area contributed by atoms with Crippen LogP contribution in [0.3, 0.4) is 0 Å². The normalized spacial score (nSPS) is 11.6. The van der Waals surface area contributed by atoms with Crippen LogP contribution in [0.15, 0.2) is 203 Å². The maximum Gasteiger partial charge on any atom is 0.227 e. The minimum Gasteiger partial charge on any atom is -0.454 e. The molecule has 0 atom stereocenters. The first-order chi connectivity index (χ1) is 27.2. The van der Waals surface area contributed by atoms with Gasteiger partial charge in [-0.25, -0.2) is 4.98 Å². The number of benzene rings is 9. The third kappa shape index (κ3) is 5.26. The molecular weight excluding hydrogens is 673 g/mol. The molecule has 9 aromatic carbocycles. The van der Waals surface area contributed by atoms with E-state index in [2.05, 4.69) is 157 Å². The monoisotopic (exact) mass is 704 g/mol. The Bertz CT molecular complexity index is 3220. The quantitative estimate of drug-likeness (QED) is 0.162. The summed E-state index contributed by atoms with van der Waals surface area (Å²) in [5, 5.41) is 6.65. The van der Waals surface area contributed by atoms with Crippen molar-refractivity contribution in [1.29, 1.82) is 0 Å². The molecule has 0 amide bonds. The number of nitrogens with zero attached hydrogens (tertiary/aromatic N) is 2. The van der Waals surface area contributed by atoms with E-state index in [4.69, 9.17) is 13.8 Å². The lowest BCUT2D eigenvalue weighted by Gasteiger charge is -2.26. The van der Waals surface area contributed by atoms with Crippen LogP contribution < -0.4 is 4.90 Å². The van der Waals surface area contributed by atoms with Gasteiger partial charge < -0.3 is 13.7 Å². The lowest BCUT2D eigenvalue weighted by Crippen LogP contribution is -2.10. The lowest BCUT2D eigenvalue weighted by molar-refractivity contribution is 0.623. The Labute approximate surface area is 317 Å². The first kappa shape index (κ1) is 31.1. The third-order valence-corrected chi connectivity index (χ3v) is 10.6. The lowest BCUT2D eigenvalue weighted by atomic mass is 9.96. The molecule has 0 N–H and O–H groups in total. The average molecular weight is 705 g/mol. The maximum absolute atomic E-state index is 6.64. The van der Waals surface area contributed by atoms with Crippen LogP contribution in [-0.4, -0.2) is 4.98 Å². The van der Waals surface area contributed by atoms with Gasteiger partial charge in [-0.15, -0.1) is 0 Å². The molecule has 0 spiro atoms. The van der Waals surface area contributed by atoms with E-state index in [9.17, 15) is 0 Å². The summed E-state index contributed by atoms with van der Waals surface area (Å²) < 4.78 is 13.2. The van der Waals surface area contributed by atoms with Crippen LogP contribution in [0, 0.1) is 0 Å². The van der Waals surface area contributed by atoms with E-state index < -0.39 is 0 Å². The average Bonchev–Trinajstić information content (AvgIpc) is 3.87. The summed E-state index contributed by atoms with van der Waals surface area (Å²) in [5.41, 5.74) is 11.9. The van der Waals surface area contributed by atoms with E-state index in [1.807, 2.05) is 42.5 Å².